The number of alkyl halides is 1. The number of carbonyl (C=O) groups excluding carboxylic acids is 4. The summed E-state index contributed by atoms with van der Waals surface area (Å²) in [5, 5.41) is 24.9. The third-order valence-electron chi connectivity index (χ3n) is 8.36. The zero-order chi connectivity index (χ0) is 43.2. The molecule has 5 rings (SSSR count). The number of aliphatic hydroxyl groups excluding tert-OH is 2. The number of carbonyl (C=O) groups is 4. The largest absolute Gasteiger partial charge is 0.481 e. The highest BCUT2D eigenvalue weighted by Crippen LogP contribution is 2.62. The molecule has 4 heterocycles. The van der Waals surface area contributed by atoms with Crippen LogP contribution in [0.2, 0.25) is 0 Å². The fourth-order valence-electron chi connectivity index (χ4n) is 5.99. The van der Waals surface area contributed by atoms with Gasteiger partial charge < -0.3 is 58.3 Å². The Labute approximate surface area is 338 Å². The number of anilines is 1. The van der Waals surface area contributed by atoms with Crippen LogP contribution in [0.25, 0.3) is 11.2 Å². The molecule has 324 valence electrons. The van der Waals surface area contributed by atoms with E-state index < -0.39 is 113 Å². The van der Waals surface area contributed by atoms with Crippen LogP contribution in [0.15, 0.2) is 43.0 Å². The van der Waals surface area contributed by atoms with E-state index in [1.165, 1.54) is 17.2 Å². The van der Waals surface area contributed by atoms with E-state index in [1.54, 1.807) is 0 Å². The molecule has 0 radical (unpaired) electrons. The van der Waals surface area contributed by atoms with E-state index in [2.05, 4.69) is 25.0 Å². The molecule has 2 aliphatic rings. The quantitative estimate of drug-likeness (QED) is 0.0712. The number of nitrogens with zero attached hydrogens (tertiary/aromatic N) is 4. The van der Waals surface area contributed by atoms with Gasteiger partial charge in [0.05, 0.1) is 12.9 Å². The van der Waals surface area contributed by atoms with Gasteiger partial charge in [-0.3, -0.25) is 28.3 Å². The molecule has 2 fully saturated rings. The Kier molecular flexibility index (Phi) is 15.2. The van der Waals surface area contributed by atoms with E-state index in [1.807, 2.05) is 30.3 Å². The highest BCUT2D eigenvalue weighted by Gasteiger charge is 2.57. The zero-order valence-electron chi connectivity index (χ0n) is 31.4. The lowest BCUT2D eigenvalue weighted by Gasteiger charge is -2.44. The van der Waals surface area contributed by atoms with E-state index in [4.69, 9.17) is 48.8 Å². The summed E-state index contributed by atoms with van der Waals surface area (Å²) >= 11 is 4.89. The average Bonchev–Trinajstić information content (AvgIpc) is 3.70. The first-order valence-electron chi connectivity index (χ1n) is 17.4. The minimum absolute atomic E-state index is 0.210. The molecule has 23 nitrogen and oxygen atoms in total. The van der Waals surface area contributed by atoms with Crippen LogP contribution in [0.3, 0.4) is 0 Å². The minimum atomic E-state index is -5.74. The highest BCUT2D eigenvalue weighted by molar-refractivity contribution is 8.08. The monoisotopic (exact) mass is 895 g/mol. The second-order valence-electron chi connectivity index (χ2n) is 12.9. The van der Waals surface area contributed by atoms with Gasteiger partial charge in [-0.1, -0.05) is 30.3 Å². The Morgan fingerprint density at radius 3 is 2.20 bits per heavy atom. The van der Waals surface area contributed by atoms with Crippen LogP contribution in [0, 0.1) is 0 Å². The summed E-state index contributed by atoms with van der Waals surface area (Å²) in [7, 11) is -5.74. The van der Waals surface area contributed by atoms with Crippen LogP contribution in [0.5, 0.6) is 0 Å². The standard InChI is InChI=1S/C32H40FN5O18P2S/c1-15(39)48-11-20(33)25-26(50-16(2)40)27(51-17(3)41)28(52-18(4)42)32(54-25)55-57(45,46)56-58(47,59)49-12-21-23(43)24(44)31(53-21)38-14-37-22-29(35-13-36-30(22)38)34-10-19-8-6-5-7-9-19/h5-9,13-14,20-21,23-28,31-32,43-44H,10-12H2,1-4H3,(H,45,46)(H,47,59)(H,34,35,36)/t20-,21+,23+,24+,25+,26+,27-,28-,31+,32-,58?/m0/s1. The van der Waals surface area contributed by atoms with Crippen LogP contribution in [0.1, 0.15) is 39.5 Å². The molecule has 2 aliphatic heterocycles. The summed E-state index contributed by atoms with van der Waals surface area (Å²) in [6, 6.07) is 9.44. The van der Waals surface area contributed by atoms with Gasteiger partial charge in [0, 0.05) is 34.2 Å². The first kappa shape index (κ1) is 46.0. The summed E-state index contributed by atoms with van der Waals surface area (Å²) in [5.41, 5.74) is 1.48. The third-order valence-corrected chi connectivity index (χ3v) is 11.9. The molecule has 0 bridgehead atoms. The van der Waals surface area contributed by atoms with Crippen molar-refractivity contribution in [2.24, 2.45) is 0 Å². The average molecular weight is 896 g/mol. The van der Waals surface area contributed by atoms with Crippen molar-refractivity contribution in [1.29, 1.82) is 0 Å². The van der Waals surface area contributed by atoms with Gasteiger partial charge >= 0.3 is 38.4 Å². The topological polar surface area (TPSA) is 305 Å². The summed E-state index contributed by atoms with van der Waals surface area (Å²) < 4.78 is 76.5. The van der Waals surface area contributed by atoms with E-state index in [0.717, 1.165) is 33.3 Å². The summed E-state index contributed by atoms with van der Waals surface area (Å²) in [6.45, 7) is -2.72. The molecule has 2 aromatic heterocycles. The SMILES string of the molecule is CC(=O)OC[C@H](F)[C@H]1O[C@@H](OP(=O)(O)OP(O)(=S)OC[C@H]2O[C@@H](n3cnc4c(NCc5ccccc5)ncnc43)[C@H](O)[C@@H]2O)[C@@H](OC(C)=O)[C@@H](OC(C)=O)[C@@H]1OC(C)=O. The number of phosphoric acid groups is 1. The fourth-order valence-corrected chi connectivity index (χ4v) is 9.08. The van der Waals surface area contributed by atoms with Crippen LogP contribution in [0.4, 0.5) is 10.2 Å². The van der Waals surface area contributed by atoms with Crippen molar-refractivity contribution in [2.75, 3.05) is 18.5 Å². The first-order valence-corrected chi connectivity index (χ1v) is 21.4. The normalized spacial score (nSPS) is 28.1. The van der Waals surface area contributed by atoms with E-state index in [-0.39, 0.29) is 5.65 Å². The smallest absolute Gasteiger partial charge is 0.463 e. The number of aromatic nitrogens is 4. The first-order chi connectivity index (χ1) is 27.7. The number of imidazole rings is 1. The van der Waals surface area contributed by atoms with Gasteiger partial charge in [-0.15, -0.1) is 0 Å². The molecule has 3 aromatic rings. The van der Waals surface area contributed by atoms with Gasteiger partial charge in [0.15, 0.2) is 47.7 Å². The van der Waals surface area contributed by atoms with Gasteiger partial charge in [0.25, 0.3) is 0 Å². The van der Waals surface area contributed by atoms with E-state index in [0.29, 0.717) is 17.9 Å². The molecule has 1 aromatic carbocycles. The summed E-state index contributed by atoms with van der Waals surface area (Å²) in [4.78, 5) is 81.9. The van der Waals surface area contributed by atoms with Crippen molar-refractivity contribution in [3.05, 3.63) is 48.5 Å². The Bertz CT molecular complexity index is 2090. The number of rotatable bonds is 17. The van der Waals surface area contributed by atoms with E-state index in [9.17, 15) is 43.7 Å². The molecular formula is C32H40FN5O18P2S. The number of phosphoric ester groups is 1. The second-order valence-corrected chi connectivity index (χ2v) is 17.2. The van der Waals surface area contributed by atoms with Crippen molar-refractivity contribution in [3.63, 3.8) is 0 Å². The van der Waals surface area contributed by atoms with Crippen molar-refractivity contribution in [3.8, 4) is 0 Å². The van der Waals surface area contributed by atoms with Crippen molar-refractivity contribution in [1.82, 2.24) is 19.5 Å². The van der Waals surface area contributed by atoms with Gasteiger partial charge in [-0.05, 0) is 17.4 Å². The molecule has 59 heavy (non-hydrogen) atoms. The van der Waals surface area contributed by atoms with Crippen molar-refractivity contribution < 1.29 is 89.9 Å². The Balaban J connectivity index is 1.29. The maximum atomic E-state index is 15.5. The van der Waals surface area contributed by atoms with Crippen LogP contribution in [-0.4, -0.2) is 132 Å². The number of hydrogen-bond acceptors (Lipinski definition) is 21. The number of nitrogens with one attached hydrogen (secondary N) is 1. The number of aliphatic hydroxyl groups is 2. The predicted molar refractivity (Wildman–Crippen MR) is 196 cm³/mol. The number of esters is 4. The lowest BCUT2D eigenvalue weighted by Crippen LogP contribution is -2.64. The van der Waals surface area contributed by atoms with Gasteiger partial charge in [0.2, 0.25) is 6.29 Å². The second kappa shape index (κ2) is 19.5. The van der Waals surface area contributed by atoms with Crippen molar-refractivity contribution in [2.45, 2.75) is 95.7 Å². The lowest BCUT2D eigenvalue weighted by atomic mass is 9.95. The summed E-state index contributed by atoms with van der Waals surface area (Å²) in [5.74, 6) is -3.81. The number of halogens is 1. The summed E-state index contributed by atoms with van der Waals surface area (Å²) in [6.07, 6.45) is -16.4. The maximum Gasteiger partial charge on any atom is 0.481 e. The molecule has 0 aliphatic carbocycles. The van der Waals surface area contributed by atoms with Crippen molar-refractivity contribution >= 4 is 67.2 Å². The molecule has 12 atom stereocenters. The number of hydrogen-bond donors (Lipinski definition) is 5. The molecule has 2 saturated heterocycles. The van der Waals surface area contributed by atoms with Crippen LogP contribution >= 0.6 is 14.5 Å². The van der Waals surface area contributed by atoms with Gasteiger partial charge in [-0.2, -0.15) is 0 Å². The third kappa shape index (κ3) is 12.0. The lowest BCUT2D eigenvalue weighted by molar-refractivity contribution is -0.296. The Morgan fingerprint density at radius 2 is 1.56 bits per heavy atom. The number of ether oxygens (including phenoxy) is 6. The highest BCUT2D eigenvalue weighted by atomic mass is 32.5. The minimum Gasteiger partial charge on any atom is -0.463 e. The number of benzene rings is 1. The predicted octanol–water partition coefficient (Wildman–Crippen LogP) is 0.846. The van der Waals surface area contributed by atoms with Gasteiger partial charge in [0.1, 0.15) is 37.4 Å². The molecule has 0 saturated carbocycles. The Morgan fingerprint density at radius 1 is 0.915 bits per heavy atom. The molecular weight excluding hydrogens is 855 g/mol. The number of fused-ring (bicyclic) bond motifs is 1. The van der Waals surface area contributed by atoms with Crippen LogP contribution in [-0.2, 0) is 83.9 Å². The molecule has 2 unspecified atom stereocenters. The maximum absolute atomic E-state index is 15.5. The molecule has 27 heteroatoms. The van der Waals surface area contributed by atoms with Crippen LogP contribution < -0.4 is 5.32 Å². The molecule has 0 amide bonds. The zero-order valence-corrected chi connectivity index (χ0v) is 34.0. The fraction of sp³-hybridized carbons (Fsp3) is 0.531. The van der Waals surface area contributed by atoms with E-state index >= 15 is 4.39 Å². The molecule has 5 N–H and O–H groups in total. The van der Waals surface area contributed by atoms with Gasteiger partial charge in [-0.25, -0.2) is 28.2 Å². The Hall–Kier alpha value is -4.10. The molecule has 0 spiro atoms.